The number of carbonyl (C=O) groups excluding carboxylic acids is 1. The molecule has 1 aliphatic heterocycles. The van der Waals surface area contributed by atoms with Gasteiger partial charge in [0, 0.05) is 48.2 Å². The number of benzene rings is 1. The quantitative estimate of drug-likeness (QED) is 0.138. The topological polar surface area (TPSA) is 113 Å². The molecule has 9 nitrogen and oxygen atoms in total. The zero-order valence-electron chi connectivity index (χ0n) is 26.4. The molecule has 240 valence electrons. The summed E-state index contributed by atoms with van der Waals surface area (Å²) in [6.45, 7) is 10.0. The first-order valence-corrected chi connectivity index (χ1v) is 16.4. The first kappa shape index (κ1) is 33.9. The monoisotopic (exact) mass is 627 g/mol. The van der Waals surface area contributed by atoms with Crippen LogP contribution in [0.4, 0.5) is 10.2 Å². The molecule has 2 aromatic heterocycles. The van der Waals surface area contributed by atoms with E-state index in [4.69, 9.17) is 14.5 Å². The molecule has 0 aliphatic carbocycles. The number of aliphatic hydroxyl groups excluding tert-OH is 1. The van der Waals surface area contributed by atoms with Gasteiger partial charge in [0.05, 0.1) is 23.6 Å². The van der Waals surface area contributed by atoms with Crippen molar-refractivity contribution in [3.63, 3.8) is 0 Å². The number of halogens is 1. The van der Waals surface area contributed by atoms with Gasteiger partial charge in [-0.1, -0.05) is 25.6 Å². The summed E-state index contributed by atoms with van der Waals surface area (Å²) in [6, 6.07) is 10.8. The van der Waals surface area contributed by atoms with E-state index < -0.39 is 6.10 Å². The summed E-state index contributed by atoms with van der Waals surface area (Å²) >= 11 is 1.33. The third-order valence-electron chi connectivity index (χ3n) is 8.05. The van der Waals surface area contributed by atoms with Crippen LogP contribution in [-0.2, 0) is 14.3 Å². The van der Waals surface area contributed by atoms with Crippen molar-refractivity contribution in [2.45, 2.75) is 82.8 Å². The van der Waals surface area contributed by atoms with Gasteiger partial charge in [-0.15, -0.1) is 0 Å². The van der Waals surface area contributed by atoms with Crippen LogP contribution in [0.3, 0.4) is 0 Å². The number of thioether (sulfide) groups is 1. The SMILES string of the molecule is CC(C)C(C)Nc1cc(-c2[nH]c(SCC(O)COC(=O)CCCN(C)C3CCO[C@H](C)C3)nc2-c2ccc(F)cc2)ccn1. The second-order valence-electron chi connectivity index (χ2n) is 12.0. The van der Waals surface area contributed by atoms with Crippen LogP contribution in [0.15, 0.2) is 47.8 Å². The lowest BCUT2D eigenvalue weighted by molar-refractivity contribution is -0.146. The van der Waals surface area contributed by atoms with Gasteiger partial charge in [-0.25, -0.2) is 14.4 Å². The number of aromatic nitrogens is 3. The van der Waals surface area contributed by atoms with Crippen molar-refractivity contribution in [3.05, 3.63) is 48.4 Å². The number of nitrogens with one attached hydrogen (secondary N) is 2. The summed E-state index contributed by atoms with van der Waals surface area (Å²) in [7, 11) is 2.09. The lowest BCUT2D eigenvalue weighted by atomic mass is 10.0. The number of H-pyrrole nitrogens is 1. The Kier molecular flexibility index (Phi) is 12.6. The number of esters is 1. The Balaban J connectivity index is 1.32. The Morgan fingerprint density at radius 1 is 1.25 bits per heavy atom. The van der Waals surface area contributed by atoms with Crippen LogP contribution in [0.1, 0.15) is 53.4 Å². The van der Waals surface area contributed by atoms with Crippen molar-refractivity contribution in [3.8, 4) is 22.5 Å². The Morgan fingerprint density at radius 2 is 2.02 bits per heavy atom. The van der Waals surface area contributed by atoms with Crippen LogP contribution < -0.4 is 5.32 Å². The third-order valence-corrected chi connectivity index (χ3v) is 9.06. The van der Waals surface area contributed by atoms with Gasteiger partial charge in [0.1, 0.15) is 18.2 Å². The van der Waals surface area contributed by atoms with Gasteiger partial charge in [0.15, 0.2) is 5.16 Å². The number of anilines is 1. The maximum atomic E-state index is 13.7. The minimum absolute atomic E-state index is 0.0784. The predicted molar refractivity (Wildman–Crippen MR) is 173 cm³/mol. The van der Waals surface area contributed by atoms with Crippen molar-refractivity contribution in [2.24, 2.45) is 5.92 Å². The van der Waals surface area contributed by atoms with Crippen LogP contribution >= 0.6 is 11.8 Å². The van der Waals surface area contributed by atoms with E-state index in [2.05, 4.69) is 54.9 Å². The molecule has 0 amide bonds. The standard InChI is InChI=1S/C33H46FN5O4S/c1-21(2)23(4)36-29-18-25(12-14-35-29)32-31(24-8-10-26(34)11-9-24)37-33(38-32)44-20-28(40)19-43-30(41)7-6-15-39(5)27-13-16-42-22(3)17-27/h8-12,14,18,21-23,27-28,40H,6-7,13,15-17,19-20H2,1-5H3,(H,35,36)(H,37,38)/t22-,23?,27?,28?/m1/s1. The Bertz CT molecular complexity index is 1340. The molecule has 1 fully saturated rings. The fourth-order valence-electron chi connectivity index (χ4n) is 5.02. The normalized spacial score (nSPS) is 18.4. The van der Waals surface area contributed by atoms with E-state index in [1.807, 2.05) is 12.1 Å². The molecule has 4 atom stereocenters. The molecule has 4 rings (SSSR count). The highest BCUT2D eigenvalue weighted by atomic mass is 32.2. The summed E-state index contributed by atoms with van der Waals surface area (Å²) < 4.78 is 24.7. The van der Waals surface area contributed by atoms with Crippen molar-refractivity contribution >= 4 is 23.5 Å². The lowest BCUT2D eigenvalue weighted by Gasteiger charge is -2.34. The number of aromatic amines is 1. The Hall–Kier alpha value is -2.99. The van der Waals surface area contributed by atoms with Gasteiger partial charge >= 0.3 is 5.97 Å². The third kappa shape index (κ3) is 10.0. The van der Waals surface area contributed by atoms with E-state index in [-0.39, 0.29) is 36.3 Å². The fourth-order valence-corrected chi connectivity index (χ4v) is 5.80. The van der Waals surface area contributed by atoms with Gasteiger partial charge in [-0.3, -0.25) is 4.79 Å². The average Bonchev–Trinajstić information content (AvgIpc) is 3.44. The molecule has 44 heavy (non-hydrogen) atoms. The van der Waals surface area contributed by atoms with Crippen LogP contribution in [-0.4, -0.2) is 87.8 Å². The molecular formula is C33H46FN5O4S. The van der Waals surface area contributed by atoms with Crippen LogP contribution in [0.5, 0.6) is 0 Å². The highest BCUT2D eigenvalue weighted by Gasteiger charge is 2.23. The van der Waals surface area contributed by atoms with Gasteiger partial charge in [-0.2, -0.15) is 0 Å². The molecule has 0 spiro atoms. The van der Waals surface area contributed by atoms with E-state index in [9.17, 15) is 14.3 Å². The number of aliphatic hydroxyl groups is 1. The molecule has 3 aromatic rings. The number of pyridine rings is 1. The molecule has 1 aromatic carbocycles. The molecule has 3 N–H and O–H groups in total. The zero-order chi connectivity index (χ0) is 31.6. The molecular weight excluding hydrogens is 581 g/mol. The molecule has 1 saturated heterocycles. The number of hydrogen-bond donors (Lipinski definition) is 3. The van der Waals surface area contributed by atoms with E-state index in [0.717, 1.165) is 48.6 Å². The van der Waals surface area contributed by atoms with E-state index in [0.29, 0.717) is 35.7 Å². The predicted octanol–water partition coefficient (Wildman–Crippen LogP) is 6.01. The van der Waals surface area contributed by atoms with Gasteiger partial charge in [0.25, 0.3) is 0 Å². The molecule has 0 bridgehead atoms. The first-order chi connectivity index (χ1) is 21.1. The van der Waals surface area contributed by atoms with Gasteiger partial charge in [0.2, 0.25) is 0 Å². The molecule has 3 heterocycles. The number of imidazole rings is 1. The second-order valence-corrected chi connectivity index (χ2v) is 13.0. The van der Waals surface area contributed by atoms with Crippen LogP contribution in [0.25, 0.3) is 22.5 Å². The van der Waals surface area contributed by atoms with E-state index in [1.165, 1.54) is 23.9 Å². The van der Waals surface area contributed by atoms with Crippen molar-refractivity contribution < 1.29 is 23.8 Å². The fraction of sp³-hybridized carbons (Fsp3) is 0.545. The maximum Gasteiger partial charge on any atom is 0.305 e. The molecule has 11 heteroatoms. The van der Waals surface area contributed by atoms with E-state index >= 15 is 0 Å². The number of carbonyl (C=O) groups is 1. The highest BCUT2D eigenvalue weighted by Crippen LogP contribution is 2.34. The van der Waals surface area contributed by atoms with Gasteiger partial charge < -0.3 is 29.8 Å². The molecule has 0 saturated carbocycles. The minimum Gasteiger partial charge on any atom is -0.463 e. The summed E-state index contributed by atoms with van der Waals surface area (Å²) in [6.07, 6.45) is 4.19. The second kappa shape index (κ2) is 16.4. The highest BCUT2D eigenvalue weighted by molar-refractivity contribution is 7.99. The number of rotatable bonds is 15. The lowest BCUT2D eigenvalue weighted by Crippen LogP contribution is -2.40. The Morgan fingerprint density at radius 3 is 2.75 bits per heavy atom. The summed E-state index contributed by atoms with van der Waals surface area (Å²) in [5.41, 5.74) is 3.08. The summed E-state index contributed by atoms with van der Waals surface area (Å²) in [4.78, 5) is 27.2. The van der Waals surface area contributed by atoms with Crippen molar-refractivity contribution in [1.29, 1.82) is 0 Å². The average molecular weight is 628 g/mol. The smallest absolute Gasteiger partial charge is 0.305 e. The molecule has 3 unspecified atom stereocenters. The van der Waals surface area contributed by atoms with Crippen molar-refractivity contribution in [2.75, 3.05) is 37.9 Å². The summed E-state index contributed by atoms with van der Waals surface area (Å²) in [5.74, 6) is 0.833. The number of hydrogen-bond acceptors (Lipinski definition) is 9. The van der Waals surface area contributed by atoms with Crippen LogP contribution in [0, 0.1) is 11.7 Å². The number of ether oxygens (including phenoxy) is 2. The zero-order valence-corrected chi connectivity index (χ0v) is 27.2. The first-order valence-electron chi connectivity index (χ1n) is 15.5. The van der Waals surface area contributed by atoms with Crippen molar-refractivity contribution in [1.82, 2.24) is 19.9 Å². The van der Waals surface area contributed by atoms with E-state index in [1.54, 1.807) is 18.3 Å². The largest absolute Gasteiger partial charge is 0.463 e. The maximum absolute atomic E-state index is 13.7. The van der Waals surface area contributed by atoms with Crippen LogP contribution in [0.2, 0.25) is 0 Å². The van der Waals surface area contributed by atoms with Gasteiger partial charge in [-0.05, 0) is 89.0 Å². The number of nitrogens with zero attached hydrogens (tertiary/aromatic N) is 3. The Labute approximate surface area is 264 Å². The molecule has 1 aliphatic rings. The molecule has 0 radical (unpaired) electrons. The minimum atomic E-state index is -0.854. The summed E-state index contributed by atoms with van der Waals surface area (Å²) in [5, 5.41) is 14.6.